The highest BCUT2D eigenvalue weighted by Gasteiger charge is 2.54. The number of anilines is 1. The van der Waals surface area contributed by atoms with Crippen LogP contribution >= 0.6 is 22.9 Å². The molecule has 2 aliphatic rings. The van der Waals surface area contributed by atoms with Gasteiger partial charge in [0.1, 0.15) is 17.0 Å². The molecule has 1 N–H and O–H groups in total. The summed E-state index contributed by atoms with van der Waals surface area (Å²) in [6.45, 7) is 0.940. The maximum absolute atomic E-state index is 15.2. The maximum atomic E-state index is 15.2. The summed E-state index contributed by atoms with van der Waals surface area (Å²) in [6, 6.07) is 15.7. The van der Waals surface area contributed by atoms with Crippen LogP contribution in [-0.2, 0) is 16.8 Å². The number of para-hydroxylation sites is 1. The standard InChI is InChI=1S/C24H17F2IN4O/c25-19-8-15(14-5-6-21-16(7-14)10-31(27)29-21)9-20(26)17(19)11-30-22-4-2-1-3-18(22)24(23(30)32)12-28-13-24/h1-10,28H,11-13H2. The van der Waals surface area contributed by atoms with Crippen molar-refractivity contribution in [3.8, 4) is 11.1 Å². The zero-order chi connectivity index (χ0) is 22.0. The van der Waals surface area contributed by atoms with E-state index < -0.39 is 17.0 Å². The Kier molecular flexibility index (Phi) is 4.38. The number of amides is 1. The molecular weight excluding hydrogens is 525 g/mol. The molecule has 1 saturated heterocycles. The van der Waals surface area contributed by atoms with Crippen molar-refractivity contribution in [2.45, 2.75) is 12.0 Å². The van der Waals surface area contributed by atoms with Crippen molar-refractivity contribution < 1.29 is 13.6 Å². The number of carbonyl (C=O) groups excluding carboxylic acids is 1. The number of nitrogens with one attached hydrogen (secondary N) is 1. The number of halogens is 3. The highest BCUT2D eigenvalue weighted by molar-refractivity contribution is 14.1. The van der Waals surface area contributed by atoms with Gasteiger partial charge in [0.2, 0.25) is 5.91 Å². The molecule has 4 aromatic rings. The summed E-state index contributed by atoms with van der Waals surface area (Å²) in [5.41, 5.74) is 2.87. The first-order chi connectivity index (χ1) is 15.5. The van der Waals surface area contributed by atoms with Gasteiger partial charge in [-0.3, -0.25) is 4.79 Å². The first-order valence-corrected chi connectivity index (χ1v) is 11.2. The number of nitrogens with zero attached hydrogens (tertiary/aromatic N) is 3. The molecule has 5 nitrogen and oxygen atoms in total. The Morgan fingerprint density at radius 3 is 2.50 bits per heavy atom. The van der Waals surface area contributed by atoms with Crippen LogP contribution in [0, 0.1) is 11.6 Å². The van der Waals surface area contributed by atoms with E-state index in [1.54, 1.807) is 8.96 Å². The first-order valence-electron chi connectivity index (χ1n) is 10.2. The Bertz CT molecular complexity index is 1390. The van der Waals surface area contributed by atoms with Crippen molar-refractivity contribution >= 4 is 45.4 Å². The first kappa shape index (κ1) is 19.8. The molecule has 0 atom stereocenters. The minimum atomic E-state index is -0.664. The van der Waals surface area contributed by atoms with Gasteiger partial charge in [-0.2, -0.15) is 5.10 Å². The monoisotopic (exact) mass is 542 g/mol. The zero-order valence-corrected chi connectivity index (χ0v) is 18.9. The minimum absolute atomic E-state index is 0.109. The van der Waals surface area contributed by atoms with Crippen molar-refractivity contribution in [2.75, 3.05) is 18.0 Å². The van der Waals surface area contributed by atoms with Gasteiger partial charge in [-0.05, 0) is 47.0 Å². The molecule has 0 saturated carbocycles. The number of rotatable bonds is 3. The van der Waals surface area contributed by atoms with E-state index in [-0.39, 0.29) is 18.0 Å². The summed E-state index contributed by atoms with van der Waals surface area (Å²) in [7, 11) is 0. The average molecular weight is 542 g/mol. The summed E-state index contributed by atoms with van der Waals surface area (Å²) < 4.78 is 32.0. The van der Waals surface area contributed by atoms with E-state index in [9.17, 15) is 4.79 Å². The fourth-order valence-corrected chi connectivity index (χ4v) is 5.26. The molecule has 1 amide bonds. The van der Waals surface area contributed by atoms with E-state index in [4.69, 9.17) is 0 Å². The Morgan fingerprint density at radius 1 is 1.03 bits per heavy atom. The molecule has 32 heavy (non-hydrogen) atoms. The SMILES string of the molecule is O=C1N(Cc2c(F)cc(-c3ccc4nn(I)cc4c3)cc2F)c2ccccc2C12CNC2. The van der Waals surface area contributed by atoms with Crippen LogP contribution in [-0.4, -0.2) is 27.0 Å². The second-order valence-electron chi connectivity index (χ2n) is 8.30. The van der Waals surface area contributed by atoms with E-state index in [2.05, 4.69) is 33.3 Å². The molecule has 0 aliphatic carbocycles. The third-order valence-electron chi connectivity index (χ3n) is 6.49. The summed E-state index contributed by atoms with van der Waals surface area (Å²) in [6.07, 6.45) is 1.85. The molecule has 0 radical (unpaired) electrons. The molecular formula is C24H17F2IN4O. The molecule has 0 unspecified atom stereocenters. The Balaban J connectivity index is 1.37. The molecule has 1 fully saturated rings. The summed E-state index contributed by atoms with van der Waals surface area (Å²) in [5.74, 6) is -1.44. The lowest BCUT2D eigenvalue weighted by atomic mass is 9.76. The number of aromatic nitrogens is 2. The fourth-order valence-electron chi connectivity index (χ4n) is 4.72. The van der Waals surface area contributed by atoms with Gasteiger partial charge in [-0.25, -0.2) is 11.7 Å². The third-order valence-corrected chi connectivity index (χ3v) is 6.98. The zero-order valence-electron chi connectivity index (χ0n) is 16.8. The normalized spacial score (nSPS) is 16.6. The maximum Gasteiger partial charge on any atom is 0.240 e. The smallest absolute Gasteiger partial charge is 0.240 e. The molecule has 2 aliphatic heterocycles. The van der Waals surface area contributed by atoms with Gasteiger partial charge >= 0.3 is 0 Å². The van der Waals surface area contributed by atoms with E-state index >= 15 is 8.78 Å². The van der Waals surface area contributed by atoms with Crippen LogP contribution in [0.5, 0.6) is 0 Å². The lowest BCUT2D eigenvalue weighted by Crippen LogP contribution is -2.61. The van der Waals surface area contributed by atoms with Crippen molar-refractivity contribution in [2.24, 2.45) is 0 Å². The largest absolute Gasteiger partial charge is 0.314 e. The number of benzene rings is 3. The highest BCUT2D eigenvalue weighted by atomic mass is 127. The minimum Gasteiger partial charge on any atom is -0.314 e. The molecule has 1 aromatic heterocycles. The highest BCUT2D eigenvalue weighted by Crippen LogP contribution is 2.45. The van der Waals surface area contributed by atoms with E-state index in [1.807, 2.05) is 42.6 Å². The molecule has 3 heterocycles. The van der Waals surface area contributed by atoms with E-state index in [0.717, 1.165) is 22.2 Å². The molecule has 3 aromatic carbocycles. The lowest BCUT2D eigenvalue weighted by molar-refractivity contribution is -0.125. The summed E-state index contributed by atoms with van der Waals surface area (Å²) in [4.78, 5) is 14.8. The Morgan fingerprint density at radius 2 is 1.78 bits per heavy atom. The molecule has 1 spiro atoms. The summed E-state index contributed by atoms with van der Waals surface area (Å²) >= 11 is 2.06. The van der Waals surface area contributed by atoms with Crippen LogP contribution < -0.4 is 10.2 Å². The van der Waals surface area contributed by atoms with Crippen LogP contribution in [0.15, 0.2) is 60.8 Å². The number of carbonyl (C=O) groups is 1. The topological polar surface area (TPSA) is 50.2 Å². The Labute approximate surface area is 196 Å². The quantitative estimate of drug-likeness (QED) is 0.387. The van der Waals surface area contributed by atoms with Gasteiger partial charge in [-0.1, -0.05) is 24.3 Å². The fraction of sp³-hybridized carbons (Fsp3) is 0.167. The van der Waals surface area contributed by atoms with Crippen LogP contribution in [0.2, 0.25) is 0 Å². The number of hydrogen-bond acceptors (Lipinski definition) is 3. The van der Waals surface area contributed by atoms with Crippen LogP contribution in [0.1, 0.15) is 11.1 Å². The van der Waals surface area contributed by atoms with Gasteiger partial charge in [-0.15, -0.1) is 0 Å². The van der Waals surface area contributed by atoms with Crippen molar-refractivity contribution in [3.63, 3.8) is 0 Å². The molecule has 0 bridgehead atoms. The van der Waals surface area contributed by atoms with E-state index in [0.29, 0.717) is 24.2 Å². The van der Waals surface area contributed by atoms with Gasteiger partial charge in [0.05, 0.1) is 34.9 Å². The molecule has 6 rings (SSSR count). The van der Waals surface area contributed by atoms with Crippen molar-refractivity contribution in [1.29, 1.82) is 0 Å². The van der Waals surface area contributed by atoms with Gasteiger partial charge < -0.3 is 10.2 Å². The van der Waals surface area contributed by atoms with Gasteiger partial charge in [0, 0.05) is 35.9 Å². The molecule has 8 heteroatoms. The van der Waals surface area contributed by atoms with Gasteiger partial charge in [0.15, 0.2) is 0 Å². The Hall–Kier alpha value is -2.85. The van der Waals surface area contributed by atoms with Crippen molar-refractivity contribution in [1.82, 2.24) is 13.3 Å². The summed E-state index contributed by atoms with van der Waals surface area (Å²) in [5, 5.41) is 8.37. The van der Waals surface area contributed by atoms with Crippen molar-refractivity contribution in [3.05, 3.63) is 83.6 Å². The second kappa shape index (κ2) is 7.08. The second-order valence-corrected chi connectivity index (χ2v) is 9.29. The third kappa shape index (κ3) is 2.82. The van der Waals surface area contributed by atoms with Crippen LogP contribution in [0.25, 0.3) is 22.0 Å². The predicted octanol–water partition coefficient (Wildman–Crippen LogP) is 4.57. The number of fused-ring (bicyclic) bond motifs is 3. The number of hydrogen-bond donors (Lipinski definition) is 1. The van der Waals surface area contributed by atoms with Crippen LogP contribution in [0.4, 0.5) is 14.5 Å². The molecule has 160 valence electrons. The van der Waals surface area contributed by atoms with E-state index in [1.165, 1.54) is 17.0 Å². The average Bonchev–Trinajstić information content (AvgIpc) is 3.23. The van der Waals surface area contributed by atoms with Gasteiger partial charge in [0.25, 0.3) is 0 Å². The lowest BCUT2D eigenvalue weighted by Gasteiger charge is -2.38. The predicted molar refractivity (Wildman–Crippen MR) is 127 cm³/mol. The van der Waals surface area contributed by atoms with Crippen LogP contribution in [0.3, 0.4) is 0 Å².